The molecule has 0 aromatic rings. The van der Waals surface area contributed by atoms with Gasteiger partial charge in [0.1, 0.15) is 0 Å². The van der Waals surface area contributed by atoms with Crippen LogP contribution in [0, 0.1) is 5.92 Å². The number of nitrogens with one attached hydrogen (secondary N) is 1. The Balaban J connectivity index is 2.45. The maximum Gasteiger partial charge on any atom is 0.224 e. The first-order valence-corrected chi connectivity index (χ1v) is 5.64. The molecule has 1 amide bonds. The van der Waals surface area contributed by atoms with Crippen molar-refractivity contribution in [3.05, 3.63) is 0 Å². The van der Waals surface area contributed by atoms with Crippen LogP contribution in [0.15, 0.2) is 0 Å². The van der Waals surface area contributed by atoms with E-state index in [1.165, 1.54) is 0 Å². The predicted octanol–water partition coefficient (Wildman–Crippen LogP) is 1.52. The number of carbonyl (C=O) groups is 1. The van der Waals surface area contributed by atoms with Gasteiger partial charge in [-0.05, 0) is 12.8 Å². The summed E-state index contributed by atoms with van der Waals surface area (Å²) in [6.45, 7) is 4.13. The molecule has 1 fully saturated rings. The van der Waals surface area contributed by atoms with Crippen molar-refractivity contribution in [2.45, 2.75) is 37.5 Å². The molecule has 1 heterocycles. The van der Waals surface area contributed by atoms with Crippen LogP contribution in [0.5, 0.6) is 0 Å². The Morgan fingerprint density at radius 1 is 1.62 bits per heavy atom. The molecule has 13 heavy (non-hydrogen) atoms. The third kappa shape index (κ3) is 3.43. The van der Waals surface area contributed by atoms with Crippen molar-refractivity contribution in [1.82, 2.24) is 5.32 Å². The summed E-state index contributed by atoms with van der Waals surface area (Å²) >= 11 is 8.59. The molecule has 0 bridgehead atoms. The lowest BCUT2D eigenvalue weighted by Gasteiger charge is -2.21. The Morgan fingerprint density at radius 3 is 2.62 bits per heavy atom. The molecule has 1 aliphatic rings. The third-order valence-corrected chi connectivity index (χ3v) is 2.88. The Labute approximate surface area is 90.7 Å². The van der Waals surface area contributed by atoms with Crippen molar-refractivity contribution >= 4 is 31.2 Å². The monoisotopic (exact) mass is 219 g/mol. The van der Waals surface area contributed by atoms with Crippen LogP contribution >= 0.6 is 25.3 Å². The normalized spacial score (nSPS) is 29.1. The van der Waals surface area contributed by atoms with Gasteiger partial charge in [-0.25, -0.2) is 0 Å². The van der Waals surface area contributed by atoms with Crippen molar-refractivity contribution in [1.29, 1.82) is 0 Å². The number of thiol groups is 2. The van der Waals surface area contributed by atoms with E-state index in [4.69, 9.17) is 0 Å². The minimum absolute atomic E-state index is 0.0105. The SMILES string of the molecule is CC(C)(S)C[C@@H]1C[C@H](CS)C(=O)N1. The Morgan fingerprint density at radius 2 is 2.23 bits per heavy atom. The lowest BCUT2D eigenvalue weighted by molar-refractivity contribution is -0.122. The lowest BCUT2D eigenvalue weighted by atomic mass is 9.98. The van der Waals surface area contributed by atoms with Gasteiger partial charge in [0.15, 0.2) is 0 Å². The van der Waals surface area contributed by atoms with Gasteiger partial charge >= 0.3 is 0 Å². The van der Waals surface area contributed by atoms with E-state index in [2.05, 4.69) is 44.4 Å². The molecule has 4 heteroatoms. The smallest absolute Gasteiger partial charge is 0.224 e. The molecule has 0 aromatic carbocycles. The van der Waals surface area contributed by atoms with E-state index in [-0.39, 0.29) is 22.6 Å². The van der Waals surface area contributed by atoms with Crippen LogP contribution in [-0.4, -0.2) is 22.4 Å². The van der Waals surface area contributed by atoms with Crippen LogP contribution in [0.25, 0.3) is 0 Å². The Kier molecular flexibility index (Phi) is 3.57. The first kappa shape index (κ1) is 11.2. The highest BCUT2D eigenvalue weighted by molar-refractivity contribution is 7.81. The van der Waals surface area contributed by atoms with E-state index in [0.717, 1.165) is 12.8 Å². The van der Waals surface area contributed by atoms with E-state index >= 15 is 0 Å². The standard InChI is InChI=1S/C9H17NOS2/c1-9(2,13)4-7-3-6(5-12)8(11)10-7/h6-7,12-13H,3-5H2,1-2H3,(H,10,11)/t6-,7+/m1/s1. The molecule has 1 N–H and O–H groups in total. The summed E-state index contributed by atoms with van der Waals surface area (Å²) in [5.41, 5.74) is 0. The van der Waals surface area contributed by atoms with Crippen LogP contribution in [-0.2, 0) is 4.79 Å². The van der Waals surface area contributed by atoms with Gasteiger partial charge < -0.3 is 5.32 Å². The fourth-order valence-corrected chi connectivity index (χ4v) is 2.26. The van der Waals surface area contributed by atoms with E-state index < -0.39 is 0 Å². The quantitative estimate of drug-likeness (QED) is 0.617. The number of amides is 1. The van der Waals surface area contributed by atoms with Crippen molar-refractivity contribution < 1.29 is 4.79 Å². The number of hydrogen-bond donors (Lipinski definition) is 3. The zero-order chi connectivity index (χ0) is 10.1. The first-order valence-electron chi connectivity index (χ1n) is 4.56. The molecule has 1 aliphatic heterocycles. The van der Waals surface area contributed by atoms with E-state index in [1.807, 2.05) is 0 Å². The molecule has 0 radical (unpaired) electrons. The second-order valence-corrected chi connectivity index (χ2v) is 5.91. The van der Waals surface area contributed by atoms with Crippen LogP contribution in [0.2, 0.25) is 0 Å². The highest BCUT2D eigenvalue weighted by Gasteiger charge is 2.33. The molecule has 1 saturated heterocycles. The summed E-state index contributed by atoms with van der Waals surface area (Å²) in [5, 5.41) is 2.97. The number of rotatable bonds is 3. The molecule has 0 saturated carbocycles. The molecule has 0 unspecified atom stereocenters. The summed E-state index contributed by atoms with van der Waals surface area (Å²) in [7, 11) is 0. The van der Waals surface area contributed by atoms with Crippen molar-refractivity contribution in [2.75, 3.05) is 5.75 Å². The van der Waals surface area contributed by atoms with Crippen molar-refractivity contribution in [2.24, 2.45) is 5.92 Å². The van der Waals surface area contributed by atoms with Gasteiger partial charge in [0.2, 0.25) is 5.91 Å². The topological polar surface area (TPSA) is 29.1 Å². The largest absolute Gasteiger partial charge is 0.353 e. The summed E-state index contributed by atoms with van der Waals surface area (Å²) in [6.07, 6.45) is 1.83. The highest BCUT2D eigenvalue weighted by atomic mass is 32.1. The maximum atomic E-state index is 11.3. The van der Waals surface area contributed by atoms with Gasteiger partial charge in [0, 0.05) is 22.5 Å². The second kappa shape index (κ2) is 4.13. The van der Waals surface area contributed by atoms with Gasteiger partial charge in [0.05, 0.1) is 0 Å². The Hall–Kier alpha value is 0.170. The van der Waals surface area contributed by atoms with Gasteiger partial charge in [0.25, 0.3) is 0 Å². The molecular formula is C9H17NOS2. The van der Waals surface area contributed by atoms with E-state index in [1.54, 1.807) is 0 Å². The molecule has 2 nitrogen and oxygen atoms in total. The minimum Gasteiger partial charge on any atom is -0.353 e. The average molecular weight is 219 g/mol. The van der Waals surface area contributed by atoms with Crippen molar-refractivity contribution in [3.8, 4) is 0 Å². The fraction of sp³-hybridized carbons (Fsp3) is 0.889. The zero-order valence-electron chi connectivity index (χ0n) is 8.08. The number of hydrogen-bond acceptors (Lipinski definition) is 3. The molecule has 2 atom stereocenters. The average Bonchev–Trinajstić information content (AvgIpc) is 2.26. The van der Waals surface area contributed by atoms with Crippen LogP contribution in [0.1, 0.15) is 26.7 Å². The third-order valence-electron chi connectivity index (χ3n) is 2.25. The molecular weight excluding hydrogens is 202 g/mol. The summed E-state index contributed by atoms with van der Waals surface area (Å²) in [5.74, 6) is 0.900. The van der Waals surface area contributed by atoms with Crippen LogP contribution < -0.4 is 5.32 Å². The van der Waals surface area contributed by atoms with Gasteiger partial charge in [-0.3, -0.25) is 4.79 Å². The molecule has 0 aromatic heterocycles. The van der Waals surface area contributed by atoms with Gasteiger partial charge in [-0.1, -0.05) is 13.8 Å². The van der Waals surface area contributed by atoms with Crippen LogP contribution in [0.3, 0.4) is 0 Å². The summed E-state index contributed by atoms with van der Waals surface area (Å²) in [6, 6.07) is 0.289. The first-order chi connectivity index (χ1) is 5.92. The lowest BCUT2D eigenvalue weighted by Crippen LogP contribution is -2.31. The van der Waals surface area contributed by atoms with E-state index in [0.29, 0.717) is 5.75 Å². The summed E-state index contributed by atoms with van der Waals surface area (Å²) in [4.78, 5) is 11.3. The van der Waals surface area contributed by atoms with Gasteiger partial charge in [-0.15, -0.1) is 0 Å². The number of carbonyl (C=O) groups excluding carboxylic acids is 1. The highest BCUT2D eigenvalue weighted by Crippen LogP contribution is 2.26. The zero-order valence-corrected chi connectivity index (χ0v) is 9.87. The molecule has 1 rings (SSSR count). The van der Waals surface area contributed by atoms with E-state index in [9.17, 15) is 4.79 Å². The van der Waals surface area contributed by atoms with Crippen molar-refractivity contribution in [3.63, 3.8) is 0 Å². The Bertz CT molecular complexity index is 200. The predicted molar refractivity (Wildman–Crippen MR) is 61.6 cm³/mol. The molecule has 0 aliphatic carbocycles. The minimum atomic E-state index is -0.0105. The molecule has 0 spiro atoms. The molecule has 76 valence electrons. The second-order valence-electron chi connectivity index (χ2n) is 4.34. The fourth-order valence-electron chi connectivity index (χ4n) is 1.72. The maximum absolute atomic E-state index is 11.3. The van der Waals surface area contributed by atoms with Gasteiger partial charge in [-0.2, -0.15) is 25.3 Å². The summed E-state index contributed by atoms with van der Waals surface area (Å²) < 4.78 is -0.0105. The van der Waals surface area contributed by atoms with Crippen LogP contribution in [0.4, 0.5) is 0 Å².